The van der Waals surface area contributed by atoms with E-state index in [1.54, 1.807) is 0 Å². The number of aromatic nitrogens is 1. The Morgan fingerprint density at radius 1 is 1.24 bits per heavy atom. The molecule has 1 aromatic heterocycles. The van der Waals surface area contributed by atoms with Crippen LogP contribution >= 0.6 is 0 Å². The first-order chi connectivity index (χ1) is 10.3. The summed E-state index contributed by atoms with van der Waals surface area (Å²) in [6, 6.07) is 6.37. The van der Waals surface area contributed by atoms with E-state index in [0.717, 1.165) is 48.4 Å². The van der Waals surface area contributed by atoms with Crippen LogP contribution in [0.25, 0.3) is 11.1 Å². The number of hydrogen-bond acceptors (Lipinski definition) is 5. The number of anilines is 1. The lowest BCUT2D eigenvalue weighted by atomic mass is 10.2. The molecule has 2 aliphatic rings. The topological polar surface area (TPSA) is 58.5 Å². The monoisotopic (exact) mass is 286 g/mol. The van der Waals surface area contributed by atoms with Gasteiger partial charge in [-0.2, -0.15) is 0 Å². The first-order valence-electron chi connectivity index (χ1n) is 7.89. The highest BCUT2D eigenvalue weighted by molar-refractivity contribution is 5.76. The maximum Gasteiger partial charge on any atom is 0.209 e. The second-order valence-corrected chi connectivity index (χ2v) is 6.26. The lowest BCUT2D eigenvalue weighted by molar-refractivity contribution is 0.204. The van der Waals surface area contributed by atoms with E-state index in [2.05, 4.69) is 14.8 Å². The molecule has 5 nitrogen and oxygen atoms in total. The van der Waals surface area contributed by atoms with Crippen LogP contribution in [0.3, 0.4) is 0 Å². The lowest BCUT2D eigenvalue weighted by Crippen LogP contribution is -2.36. The lowest BCUT2D eigenvalue weighted by Gasteiger charge is -2.24. The summed E-state index contributed by atoms with van der Waals surface area (Å²) in [5, 5.41) is 0. The van der Waals surface area contributed by atoms with Crippen LogP contribution in [0.5, 0.6) is 0 Å². The number of oxazole rings is 1. The van der Waals surface area contributed by atoms with Crippen molar-refractivity contribution >= 4 is 16.8 Å². The van der Waals surface area contributed by atoms with Crippen molar-refractivity contribution in [1.29, 1.82) is 0 Å². The molecule has 21 heavy (non-hydrogen) atoms. The molecule has 1 aromatic carbocycles. The van der Waals surface area contributed by atoms with Crippen LogP contribution in [0.4, 0.5) is 5.69 Å². The van der Waals surface area contributed by atoms with Gasteiger partial charge in [-0.3, -0.25) is 9.80 Å². The SMILES string of the molecule is Nc1ccc2oc(CN3CCCN4CCCC4C3)nc2c1. The van der Waals surface area contributed by atoms with Gasteiger partial charge in [0.1, 0.15) is 5.52 Å². The van der Waals surface area contributed by atoms with Gasteiger partial charge in [-0.05, 0) is 57.1 Å². The van der Waals surface area contributed by atoms with E-state index < -0.39 is 0 Å². The molecule has 2 aromatic rings. The fraction of sp³-hybridized carbons (Fsp3) is 0.562. The normalized spacial score (nSPS) is 24.3. The van der Waals surface area contributed by atoms with Gasteiger partial charge >= 0.3 is 0 Å². The molecule has 2 fully saturated rings. The number of nitrogen functional groups attached to an aromatic ring is 1. The average Bonchev–Trinajstić information content (AvgIpc) is 3.00. The van der Waals surface area contributed by atoms with E-state index in [1.165, 1.54) is 32.4 Å². The molecule has 3 heterocycles. The third-order valence-corrected chi connectivity index (χ3v) is 4.70. The fourth-order valence-electron chi connectivity index (χ4n) is 3.68. The van der Waals surface area contributed by atoms with E-state index in [4.69, 9.17) is 10.2 Å². The van der Waals surface area contributed by atoms with Gasteiger partial charge in [-0.15, -0.1) is 0 Å². The average molecular weight is 286 g/mol. The third kappa shape index (κ3) is 2.63. The molecule has 2 saturated heterocycles. The summed E-state index contributed by atoms with van der Waals surface area (Å²) in [5.41, 5.74) is 8.23. The Hall–Kier alpha value is -1.59. The molecule has 2 N–H and O–H groups in total. The fourth-order valence-corrected chi connectivity index (χ4v) is 3.68. The van der Waals surface area contributed by atoms with Crippen LogP contribution in [-0.4, -0.2) is 47.0 Å². The van der Waals surface area contributed by atoms with E-state index in [0.29, 0.717) is 0 Å². The zero-order chi connectivity index (χ0) is 14.2. The summed E-state index contributed by atoms with van der Waals surface area (Å²) >= 11 is 0. The number of fused-ring (bicyclic) bond motifs is 2. The molecule has 4 rings (SSSR count). The van der Waals surface area contributed by atoms with Crippen LogP contribution in [0.2, 0.25) is 0 Å². The summed E-state index contributed by atoms with van der Waals surface area (Å²) < 4.78 is 5.86. The second kappa shape index (κ2) is 5.31. The molecular formula is C16H22N4O. The molecule has 1 unspecified atom stereocenters. The minimum absolute atomic E-state index is 0.729. The first-order valence-corrected chi connectivity index (χ1v) is 7.89. The van der Waals surface area contributed by atoms with Crippen LogP contribution in [0, 0.1) is 0 Å². The van der Waals surface area contributed by atoms with Crippen molar-refractivity contribution < 1.29 is 4.42 Å². The second-order valence-electron chi connectivity index (χ2n) is 6.26. The number of benzene rings is 1. The van der Waals surface area contributed by atoms with E-state index in [-0.39, 0.29) is 0 Å². The standard InChI is InChI=1S/C16H22N4O/c17-12-4-5-15-14(9-12)18-16(21-15)11-19-6-2-8-20-7-1-3-13(20)10-19/h4-5,9,13H,1-3,6-8,10-11,17H2. The van der Waals surface area contributed by atoms with Crippen molar-refractivity contribution in [3.05, 3.63) is 24.1 Å². The minimum atomic E-state index is 0.729. The Labute approximate surface area is 124 Å². The van der Waals surface area contributed by atoms with Gasteiger partial charge in [-0.1, -0.05) is 0 Å². The summed E-state index contributed by atoms with van der Waals surface area (Å²) in [7, 11) is 0. The molecule has 5 heteroatoms. The quantitative estimate of drug-likeness (QED) is 0.857. The Bertz CT molecular complexity index is 638. The van der Waals surface area contributed by atoms with Crippen LogP contribution < -0.4 is 5.73 Å². The Morgan fingerprint density at radius 2 is 2.14 bits per heavy atom. The largest absolute Gasteiger partial charge is 0.439 e. The molecule has 1 atom stereocenters. The Balaban J connectivity index is 1.50. The van der Waals surface area contributed by atoms with E-state index in [1.807, 2.05) is 18.2 Å². The highest BCUT2D eigenvalue weighted by Gasteiger charge is 2.29. The van der Waals surface area contributed by atoms with E-state index in [9.17, 15) is 0 Å². The van der Waals surface area contributed by atoms with Crippen LogP contribution in [-0.2, 0) is 6.54 Å². The first kappa shape index (κ1) is 13.1. The van der Waals surface area contributed by atoms with Gasteiger partial charge in [0.25, 0.3) is 0 Å². The zero-order valence-corrected chi connectivity index (χ0v) is 12.3. The maximum atomic E-state index is 5.86. The number of rotatable bonds is 2. The molecule has 112 valence electrons. The number of nitrogens with two attached hydrogens (primary N) is 1. The van der Waals surface area contributed by atoms with Crippen LogP contribution in [0.15, 0.2) is 22.6 Å². The smallest absolute Gasteiger partial charge is 0.209 e. The highest BCUT2D eigenvalue weighted by atomic mass is 16.3. The van der Waals surface area contributed by atoms with Crippen LogP contribution in [0.1, 0.15) is 25.2 Å². The number of nitrogens with zero attached hydrogens (tertiary/aromatic N) is 3. The molecule has 0 radical (unpaired) electrons. The summed E-state index contributed by atoms with van der Waals surface area (Å²) in [6.07, 6.45) is 3.92. The molecule has 0 bridgehead atoms. The molecule has 2 aliphatic heterocycles. The predicted octanol–water partition coefficient (Wildman–Crippen LogP) is 2.08. The van der Waals surface area contributed by atoms with Gasteiger partial charge < -0.3 is 10.2 Å². The summed E-state index contributed by atoms with van der Waals surface area (Å²) in [5.74, 6) is 0.807. The minimum Gasteiger partial charge on any atom is -0.439 e. The van der Waals surface area contributed by atoms with Crippen molar-refractivity contribution in [1.82, 2.24) is 14.8 Å². The van der Waals surface area contributed by atoms with Crippen molar-refractivity contribution in [2.24, 2.45) is 0 Å². The van der Waals surface area contributed by atoms with Crippen molar-refractivity contribution in [2.45, 2.75) is 31.8 Å². The van der Waals surface area contributed by atoms with Gasteiger partial charge in [-0.25, -0.2) is 4.98 Å². The zero-order valence-electron chi connectivity index (χ0n) is 12.3. The molecule has 0 amide bonds. The molecule has 0 aliphatic carbocycles. The van der Waals surface area contributed by atoms with Gasteiger partial charge in [0.05, 0.1) is 6.54 Å². The maximum absolute atomic E-state index is 5.86. The van der Waals surface area contributed by atoms with Gasteiger partial charge in [0, 0.05) is 18.3 Å². The van der Waals surface area contributed by atoms with Gasteiger partial charge in [0.15, 0.2) is 5.58 Å². The van der Waals surface area contributed by atoms with E-state index >= 15 is 0 Å². The summed E-state index contributed by atoms with van der Waals surface area (Å²) in [6.45, 7) is 5.60. The highest BCUT2D eigenvalue weighted by Crippen LogP contribution is 2.23. The molecule has 0 saturated carbocycles. The van der Waals surface area contributed by atoms with Gasteiger partial charge in [0.2, 0.25) is 5.89 Å². The summed E-state index contributed by atoms with van der Waals surface area (Å²) in [4.78, 5) is 9.72. The van der Waals surface area contributed by atoms with Crippen molar-refractivity contribution in [2.75, 3.05) is 31.9 Å². The Kier molecular flexibility index (Phi) is 3.31. The third-order valence-electron chi connectivity index (χ3n) is 4.70. The molecule has 0 spiro atoms. The predicted molar refractivity (Wildman–Crippen MR) is 82.9 cm³/mol. The number of hydrogen-bond donors (Lipinski definition) is 1. The van der Waals surface area contributed by atoms with Crippen molar-refractivity contribution in [3.8, 4) is 0 Å². The Morgan fingerprint density at radius 3 is 3.10 bits per heavy atom. The molecular weight excluding hydrogens is 264 g/mol. The van der Waals surface area contributed by atoms with Crippen molar-refractivity contribution in [3.63, 3.8) is 0 Å².